The van der Waals surface area contributed by atoms with Crippen molar-refractivity contribution >= 4 is 5.91 Å². The molecule has 4 nitrogen and oxygen atoms in total. The molecule has 0 aliphatic carbocycles. The van der Waals surface area contributed by atoms with E-state index in [0.29, 0.717) is 6.61 Å². The number of aliphatic hydroxyl groups excluding tert-OH is 1. The summed E-state index contributed by atoms with van der Waals surface area (Å²) in [6, 6.07) is 0. The molecule has 5 N–H and O–H groups in total. The minimum Gasteiger partial charge on any atom is -0.396 e. The molecule has 0 aromatic heterocycles. The van der Waals surface area contributed by atoms with Gasteiger partial charge in [0.15, 0.2) is 0 Å². The first-order chi connectivity index (χ1) is 4.18. The van der Waals surface area contributed by atoms with Gasteiger partial charge in [-0.05, 0) is 6.42 Å². The van der Waals surface area contributed by atoms with Crippen LogP contribution >= 0.6 is 0 Å². The third-order valence-corrected chi connectivity index (χ3v) is 0.425. The number of aliphatic hydroxyl groups is 1. The van der Waals surface area contributed by atoms with Gasteiger partial charge >= 0.3 is 0 Å². The highest BCUT2D eigenvalue weighted by atomic mass is 16.2. The summed E-state index contributed by atoms with van der Waals surface area (Å²) in [6.45, 7) is 2.19. The molecule has 0 radical (unpaired) electrons. The largest absolute Gasteiger partial charge is 0.396 e. The molecule has 0 aliphatic rings. The Kier molecular flexibility index (Phi) is 13.0. The Balaban J connectivity index is 0. The van der Waals surface area contributed by atoms with E-state index < -0.39 is 5.91 Å². The van der Waals surface area contributed by atoms with Crippen molar-refractivity contribution in [3.8, 4) is 0 Å². The highest BCUT2D eigenvalue weighted by Gasteiger charge is 1.77. The summed E-state index contributed by atoms with van der Waals surface area (Å²) >= 11 is 0. The molecule has 0 heterocycles. The Bertz CT molecular complexity index is 64.0. The highest BCUT2D eigenvalue weighted by Crippen LogP contribution is 1.61. The van der Waals surface area contributed by atoms with Crippen molar-refractivity contribution in [3.63, 3.8) is 0 Å². The van der Waals surface area contributed by atoms with Gasteiger partial charge in [0.05, 0.1) is 6.54 Å². The molecule has 0 unspecified atom stereocenters. The Labute approximate surface area is 54.8 Å². The minimum atomic E-state index is -0.468. The number of rotatable bonds is 2. The summed E-state index contributed by atoms with van der Waals surface area (Å²) in [5.41, 5.74) is 9.22. The number of hydrogen-bond acceptors (Lipinski definition) is 3. The maximum atomic E-state index is 9.47. The molecular weight excluding hydrogens is 120 g/mol. The van der Waals surface area contributed by atoms with Crippen molar-refractivity contribution in [2.45, 2.75) is 13.3 Å². The first kappa shape index (κ1) is 11.2. The zero-order chi connectivity index (χ0) is 7.70. The number of primary amides is 1. The quantitative estimate of drug-likeness (QED) is 0.444. The Morgan fingerprint density at radius 3 is 1.89 bits per heavy atom. The fourth-order valence-electron chi connectivity index (χ4n) is 0. The number of amides is 1. The molecule has 0 aliphatic heterocycles. The third-order valence-electron chi connectivity index (χ3n) is 0.425. The second-order valence-electron chi connectivity index (χ2n) is 1.39. The van der Waals surface area contributed by atoms with E-state index in [1.807, 2.05) is 6.92 Å². The second kappa shape index (κ2) is 10.4. The lowest BCUT2D eigenvalue weighted by atomic mass is 10.5. The van der Waals surface area contributed by atoms with Crippen LogP contribution in [0.5, 0.6) is 0 Å². The second-order valence-corrected chi connectivity index (χ2v) is 1.39. The van der Waals surface area contributed by atoms with Crippen molar-refractivity contribution in [1.29, 1.82) is 0 Å². The molecule has 4 heteroatoms. The van der Waals surface area contributed by atoms with E-state index in [-0.39, 0.29) is 6.54 Å². The molecule has 56 valence electrons. The molecule has 0 bridgehead atoms. The monoisotopic (exact) mass is 134 g/mol. The van der Waals surface area contributed by atoms with Crippen LogP contribution in [0.4, 0.5) is 0 Å². The van der Waals surface area contributed by atoms with Crippen LogP contribution in [0.25, 0.3) is 0 Å². The van der Waals surface area contributed by atoms with Gasteiger partial charge in [0.25, 0.3) is 0 Å². The number of nitrogens with two attached hydrogens (primary N) is 2. The smallest absolute Gasteiger partial charge is 0.231 e. The van der Waals surface area contributed by atoms with E-state index in [4.69, 9.17) is 10.8 Å². The van der Waals surface area contributed by atoms with E-state index in [0.717, 1.165) is 6.42 Å². The molecule has 0 rings (SSSR count). The fourth-order valence-corrected chi connectivity index (χ4v) is 0. The first-order valence-corrected chi connectivity index (χ1v) is 2.78. The lowest BCUT2D eigenvalue weighted by Gasteiger charge is -1.74. The van der Waals surface area contributed by atoms with Gasteiger partial charge in [0.2, 0.25) is 5.91 Å². The summed E-state index contributed by atoms with van der Waals surface area (Å²) in [5, 5.41) is 7.88. The van der Waals surface area contributed by atoms with Crippen molar-refractivity contribution in [2.24, 2.45) is 11.5 Å². The van der Waals surface area contributed by atoms with Crippen LogP contribution in [0, 0.1) is 0 Å². The summed E-state index contributed by atoms with van der Waals surface area (Å²) in [4.78, 5) is 9.47. The molecule has 0 aromatic carbocycles. The summed E-state index contributed by atoms with van der Waals surface area (Å²) < 4.78 is 0. The van der Waals surface area contributed by atoms with Gasteiger partial charge in [-0.1, -0.05) is 6.92 Å². The van der Waals surface area contributed by atoms with Crippen LogP contribution in [0.1, 0.15) is 13.3 Å². The summed E-state index contributed by atoms with van der Waals surface area (Å²) in [7, 11) is 0. The van der Waals surface area contributed by atoms with Crippen LogP contribution in [0.2, 0.25) is 0 Å². The number of hydrogen-bond donors (Lipinski definition) is 3. The predicted octanol–water partition coefficient (Wildman–Crippen LogP) is -1.18. The standard InChI is InChI=1S/C3H8O.C2H6N2O/c1-2-3-4;3-1-2(4)5/h4H,2-3H2,1H3;1,3H2,(H2,4,5). The van der Waals surface area contributed by atoms with E-state index in [2.05, 4.69) is 5.73 Å². The maximum absolute atomic E-state index is 9.47. The van der Waals surface area contributed by atoms with Crippen LogP contribution in [-0.4, -0.2) is 24.2 Å². The molecule has 0 fully saturated rings. The molecule has 1 amide bonds. The average molecular weight is 134 g/mol. The van der Waals surface area contributed by atoms with Gasteiger partial charge in [-0.25, -0.2) is 0 Å². The molecule has 0 saturated heterocycles. The lowest BCUT2D eigenvalue weighted by Crippen LogP contribution is -2.21. The van der Waals surface area contributed by atoms with Gasteiger partial charge in [-0.3, -0.25) is 4.79 Å². The van der Waals surface area contributed by atoms with Crippen molar-refractivity contribution < 1.29 is 9.90 Å². The summed E-state index contributed by atoms with van der Waals surface area (Å²) in [5.74, 6) is -0.468. The van der Waals surface area contributed by atoms with Gasteiger partial charge in [0, 0.05) is 6.61 Å². The third kappa shape index (κ3) is 37.6. The van der Waals surface area contributed by atoms with Crippen molar-refractivity contribution in [3.05, 3.63) is 0 Å². The minimum absolute atomic E-state index is 0.0556. The first-order valence-electron chi connectivity index (χ1n) is 2.78. The summed E-state index contributed by atoms with van der Waals surface area (Å²) in [6.07, 6.45) is 0.875. The predicted molar refractivity (Wildman–Crippen MR) is 35.6 cm³/mol. The van der Waals surface area contributed by atoms with E-state index in [1.54, 1.807) is 0 Å². The van der Waals surface area contributed by atoms with Crippen LogP contribution in [-0.2, 0) is 4.79 Å². The average Bonchev–Trinajstić information content (AvgIpc) is 1.89. The van der Waals surface area contributed by atoms with Gasteiger partial charge in [-0.2, -0.15) is 0 Å². The topological polar surface area (TPSA) is 89.3 Å². The van der Waals surface area contributed by atoms with Crippen LogP contribution in [0.15, 0.2) is 0 Å². The zero-order valence-electron chi connectivity index (χ0n) is 5.63. The van der Waals surface area contributed by atoms with E-state index >= 15 is 0 Å². The molecule has 9 heavy (non-hydrogen) atoms. The molecule has 0 aromatic rings. The Morgan fingerprint density at radius 1 is 1.67 bits per heavy atom. The zero-order valence-corrected chi connectivity index (χ0v) is 5.63. The Morgan fingerprint density at radius 2 is 1.89 bits per heavy atom. The number of carbonyl (C=O) groups excluding carboxylic acids is 1. The SMILES string of the molecule is CCCO.NCC(N)=O. The van der Waals surface area contributed by atoms with Gasteiger partial charge in [0.1, 0.15) is 0 Å². The maximum Gasteiger partial charge on any atom is 0.231 e. The Hall–Kier alpha value is -0.610. The van der Waals surface area contributed by atoms with E-state index in [1.165, 1.54) is 0 Å². The molecule has 0 atom stereocenters. The highest BCUT2D eigenvalue weighted by molar-refractivity contribution is 5.75. The van der Waals surface area contributed by atoms with Crippen molar-refractivity contribution in [2.75, 3.05) is 13.2 Å². The molecule has 0 saturated carbocycles. The van der Waals surface area contributed by atoms with Crippen molar-refractivity contribution in [1.82, 2.24) is 0 Å². The lowest BCUT2D eigenvalue weighted by molar-refractivity contribution is -0.116. The number of carbonyl (C=O) groups is 1. The molecule has 0 spiro atoms. The van der Waals surface area contributed by atoms with Gasteiger partial charge in [-0.15, -0.1) is 0 Å². The van der Waals surface area contributed by atoms with Gasteiger partial charge < -0.3 is 16.6 Å². The normalized spacial score (nSPS) is 7.44. The van der Waals surface area contributed by atoms with Crippen LogP contribution < -0.4 is 11.5 Å². The fraction of sp³-hybridized carbons (Fsp3) is 0.800. The van der Waals surface area contributed by atoms with Crippen LogP contribution in [0.3, 0.4) is 0 Å². The molecular formula is C5H14N2O2. The van der Waals surface area contributed by atoms with E-state index in [9.17, 15) is 4.79 Å².